The summed E-state index contributed by atoms with van der Waals surface area (Å²) in [7, 11) is 2.03. The molecule has 0 aliphatic rings. The lowest BCUT2D eigenvalue weighted by Crippen LogP contribution is -2.31. The zero-order valence-corrected chi connectivity index (χ0v) is 11.5. The Morgan fingerprint density at radius 3 is 2.47 bits per heavy atom. The molecule has 0 aliphatic carbocycles. The van der Waals surface area contributed by atoms with Gasteiger partial charge in [-0.3, -0.25) is 0 Å². The van der Waals surface area contributed by atoms with Crippen LogP contribution >= 0.6 is 22.9 Å². The van der Waals surface area contributed by atoms with E-state index in [2.05, 4.69) is 32.2 Å². The Hall–Kier alpha value is -0.0500. The molecule has 0 aromatic carbocycles. The lowest BCUT2D eigenvalue weighted by atomic mass is 9.87. The van der Waals surface area contributed by atoms with Crippen molar-refractivity contribution in [3.8, 4) is 0 Å². The monoisotopic (exact) mass is 245 g/mol. The first kappa shape index (κ1) is 13.0. The van der Waals surface area contributed by atoms with E-state index < -0.39 is 0 Å². The summed E-state index contributed by atoms with van der Waals surface area (Å²) in [6.45, 7) is 6.83. The number of thiophene rings is 1. The van der Waals surface area contributed by atoms with E-state index in [9.17, 15) is 0 Å². The van der Waals surface area contributed by atoms with E-state index in [-0.39, 0.29) is 0 Å². The van der Waals surface area contributed by atoms with Gasteiger partial charge >= 0.3 is 0 Å². The fraction of sp³-hybridized carbons (Fsp3) is 0.667. The second-order valence-corrected chi connectivity index (χ2v) is 6.96. The first-order valence-corrected chi connectivity index (χ1v) is 6.51. The summed E-state index contributed by atoms with van der Waals surface area (Å²) in [5, 5.41) is 3.38. The first-order chi connectivity index (χ1) is 6.90. The van der Waals surface area contributed by atoms with Crippen molar-refractivity contribution in [2.24, 2.45) is 5.41 Å². The molecular weight excluding hydrogens is 226 g/mol. The van der Waals surface area contributed by atoms with Crippen molar-refractivity contribution in [3.63, 3.8) is 0 Å². The summed E-state index contributed by atoms with van der Waals surface area (Å²) in [5.74, 6) is 0. The molecule has 0 saturated carbocycles. The fourth-order valence-corrected chi connectivity index (χ4v) is 2.89. The van der Waals surface area contributed by atoms with Gasteiger partial charge in [-0.25, -0.2) is 0 Å². The normalized spacial score (nSPS) is 14.2. The highest BCUT2D eigenvalue weighted by Crippen LogP contribution is 2.26. The van der Waals surface area contributed by atoms with Crippen molar-refractivity contribution < 1.29 is 0 Å². The minimum absolute atomic E-state index is 0.370. The molecule has 0 spiro atoms. The summed E-state index contributed by atoms with van der Waals surface area (Å²) in [4.78, 5) is 1.36. The first-order valence-electron chi connectivity index (χ1n) is 5.32. The number of likely N-dealkylation sites (N-methyl/N-ethyl adjacent to an activating group) is 1. The molecule has 1 atom stereocenters. The predicted octanol–water partition coefficient (Wildman–Crippen LogP) is 3.97. The second kappa shape index (κ2) is 5.33. The van der Waals surface area contributed by atoms with E-state index in [0.29, 0.717) is 11.5 Å². The van der Waals surface area contributed by atoms with Crippen molar-refractivity contribution >= 4 is 22.9 Å². The van der Waals surface area contributed by atoms with Gasteiger partial charge in [0.1, 0.15) is 0 Å². The van der Waals surface area contributed by atoms with Crippen molar-refractivity contribution in [2.45, 2.75) is 39.7 Å². The third-order valence-electron chi connectivity index (χ3n) is 2.34. The van der Waals surface area contributed by atoms with Gasteiger partial charge in [0.15, 0.2) is 0 Å². The average Bonchev–Trinajstić information content (AvgIpc) is 2.47. The maximum atomic E-state index is 5.92. The van der Waals surface area contributed by atoms with E-state index in [0.717, 1.165) is 10.8 Å². The van der Waals surface area contributed by atoms with E-state index in [4.69, 9.17) is 11.6 Å². The SMILES string of the molecule is CNC(Cc1ccc(Cl)s1)CC(C)(C)C. The molecule has 1 heterocycles. The second-order valence-electron chi connectivity index (χ2n) is 5.16. The van der Waals surface area contributed by atoms with Gasteiger partial charge in [0, 0.05) is 10.9 Å². The number of nitrogens with one attached hydrogen (secondary N) is 1. The highest BCUT2D eigenvalue weighted by Gasteiger charge is 2.18. The van der Waals surface area contributed by atoms with Crippen LogP contribution in [0.3, 0.4) is 0 Å². The van der Waals surface area contributed by atoms with Crippen LogP contribution < -0.4 is 5.32 Å². The highest BCUT2D eigenvalue weighted by atomic mass is 35.5. The van der Waals surface area contributed by atoms with Crippen LogP contribution in [0.1, 0.15) is 32.1 Å². The third kappa shape index (κ3) is 5.01. The van der Waals surface area contributed by atoms with E-state index >= 15 is 0 Å². The molecule has 3 heteroatoms. The molecule has 15 heavy (non-hydrogen) atoms. The third-order valence-corrected chi connectivity index (χ3v) is 3.60. The van der Waals surface area contributed by atoms with E-state index in [1.54, 1.807) is 11.3 Å². The summed E-state index contributed by atoms with van der Waals surface area (Å²) < 4.78 is 0.885. The van der Waals surface area contributed by atoms with Gasteiger partial charge in [0.05, 0.1) is 4.34 Å². The smallest absolute Gasteiger partial charge is 0.0931 e. The van der Waals surface area contributed by atoms with Gasteiger partial charge in [-0.1, -0.05) is 32.4 Å². The van der Waals surface area contributed by atoms with Crippen LogP contribution in [0, 0.1) is 5.41 Å². The molecule has 86 valence electrons. The van der Waals surface area contributed by atoms with Crippen LogP contribution in [0.15, 0.2) is 12.1 Å². The van der Waals surface area contributed by atoms with Crippen LogP contribution in [-0.2, 0) is 6.42 Å². The molecule has 0 aliphatic heterocycles. The van der Waals surface area contributed by atoms with Crippen LogP contribution in [0.4, 0.5) is 0 Å². The van der Waals surface area contributed by atoms with E-state index in [1.807, 2.05) is 13.1 Å². The molecule has 1 N–H and O–H groups in total. The highest BCUT2D eigenvalue weighted by molar-refractivity contribution is 7.16. The van der Waals surface area contributed by atoms with Crippen molar-refractivity contribution in [2.75, 3.05) is 7.05 Å². The summed E-state index contributed by atoms with van der Waals surface area (Å²) in [6, 6.07) is 4.64. The fourth-order valence-electron chi connectivity index (χ4n) is 1.72. The number of rotatable bonds is 4. The molecule has 0 bridgehead atoms. The predicted molar refractivity (Wildman–Crippen MR) is 70.0 cm³/mol. The Bertz CT molecular complexity index is 301. The maximum absolute atomic E-state index is 5.92. The van der Waals surface area contributed by atoms with Crippen LogP contribution in [0.2, 0.25) is 4.34 Å². The van der Waals surface area contributed by atoms with Crippen molar-refractivity contribution in [1.82, 2.24) is 5.32 Å². The Kier molecular flexibility index (Phi) is 4.63. The zero-order valence-electron chi connectivity index (χ0n) is 9.93. The van der Waals surface area contributed by atoms with Crippen molar-refractivity contribution in [3.05, 3.63) is 21.3 Å². The number of hydrogen-bond donors (Lipinski definition) is 1. The minimum Gasteiger partial charge on any atom is -0.317 e. The molecule has 1 unspecified atom stereocenters. The van der Waals surface area contributed by atoms with E-state index in [1.165, 1.54) is 11.3 Å². The standard InChI is InChI=1S/C12H20ClNS/c1-12(2,3)8-9(14-4)7-10-5-6-11(13)15-10/h5-6,9,14H,7-8H2,1-4H3. The summed E-state index contributed by atoms with van der Waals surface area (Å²) in [6.07, 6.45) is 2.25. The Morgan fingerprint density at radius 2 is 2.07 bits per heavy atom. The maximum Gasteiger partial charge on any atom is 0.0931 e. The summed E-state index contributed by atoms with van der Waals surface area (Å²) >= 11 is 7.60. The largest absolute Gasteiger partial charge is 0.317 e. The van der Waals surface area contributed by atoms with Gasteiger partial charge in [-0.15, -0.1) is 11.3 Å². The lowest BCUT2D eigenvalue weighted by Gasteiger charge is -2.25. The van der Waals surface area contributed by atoms with Gasteiger partial charge in [0.25, 0.3) is 0 Å². The molecule has 0 fully saturated rings. The van der Waals surface area contributed by atoms with Gasteiger partial charge in [0.2, 0.25) is 0 Å². The minimum atomic E-state index is 0.370. The Labute approximate surface area is 102 Å². The Balaban J connectivity index is 2.54. The van der Waals surface area contributed by atoms with Gasteiger partial charge in [-0.05, 0) is 37.4 Å². The number of hydrogen-bond acceptors (Lipinski definition) is 2. The molecule has 1 aromatic rings. The lowest BCUT2D eigenvalue weighted by molar-refractivity contribution is 0.316. The van der Waals surface area contributed by atoms with Gasteiger partial charge in [-0.2, -0.15) is 0 Å². The Morgan fingerprint density at radius 1 is 1.40 bits per heavy atom. The molecule has 1 aromatic heterocycles. The zero-order chi connectivity index (χ0) is 11.5. The van der Waals surface area contributed by atoms with Crippen LogP contribution in [0.5, 0.6) is 0 Å². The number of halogens is 1. The molecule has 1 nitrogen and oxygen atoms in total. The quantitative estimate of drug-likeness (QED) is 0.847. The molecule has 0 radical (unpaired) electrons. The molecular formula is C12H20ClNS. The molecule has 0 saturated heterocycles. The van der Waals surface area contributed by atoms with Crippen LogP contribution in [-0.4, -0.2) is 13.1 Å². The van der Waals surface area contributed by atoms with Crippen molar-refractivity contribution in [1.29, 1.82) is 0 Å². The van der Waals surface area contributed by atoms with Gasteiger partial charge < -0.3 is 5.32 Å². The average molecular weight is 246 g/mol. The van der Waals surface area contributed by atoms with Crippen LogP contribution in [0.25, 0.3) is 0 Å². The molecule has 1 rings (SSSR count). The summed E-state index contributed by atoms with van der Waals surface area (Å²) in [5.41, 5.74) is 0.370. The topological polar surface area (TPSA) is 12.0 Å². The molecule has 0 amide bonds.